The summed E-state index contributed by atoms with van der Waals surface area (Å²) in [4.78, 5) is 16.5. The molecule has 0 saturated carbocycles. The van der Waals surface area contributed by atoms with Crippen molar-refractivity contribution < 1.29 is 9.53 Å². The Kier molecular flexibility index (Phi) is 4.91. The van der Waals surface area contributed by atoms with Gasteiger partial charge in [0.05, 0.1) is 5.69 Å². The van der Waals surface area contributed by atoms with Crippen LogP contribution >= 0.6 is 11.3 Å². The SMILES string of the molecule is Cc1cccc(C)c1OCC(=O)Nc1nc(-c2ccccc2)cs1. The Hall–Kier alpha value is -2.66. The molecule has 122 valence electrons. The first kappa shape index (κ1) is 16.2. The van der Waals surface area contributed by atoms with Gasteiger partial charge in [-0.15, -0.1) is 11.3 Å². The second-order valence-corrected chi connectivity index (χ2v) is 6.32. The number of para-hydroxylation sites is 1. The number of ether oxygens (including phenoxy) is 1. The van der Waals surface area contributed by atoms with Gasteiger partial charge >= 0.3 is 0 Å². The summed E-state index contributed by atoms with van der Waals surface area (Å²) >= 11 is 1.40. The van der Waals surface area contributed by atoms with Crippen molar-refractivity contribution in [1.82, 2.24) is 4.98 Å². The molecule has 24 heavy (non-hydrogen) atoms. The minimum Gasteiger partial charge on any atom is -0.483 e. The Morgan fingerprint density at radius 1 is 1.08 bits per heavy atom. The van der Waals surface area contributed by atoms with E-state index in [-0.39, 0.29) is 12.5 Å². The number of thiazole rings is 1. The van der Waals surface area contributed by atoms with Crippen molar-refractivity contribution >= 4 is 22.4 Å². The van der Waals surface area contributed by atoms with Gasteiger partial charge in [0.15, 0.2) is 11.7 Å². The lowest BCUT2D eigenvalue weighted by Gasteiger charge is -2.11. The summed E-state index contributed by atoms with van der Waals surface area (Å²) in [5.74, 6) is 0.545. The zero-order chi connectivity index (χ0) is 16.9. The number of hydrogen-bond acceptors (Lipinski definition) is 4. The van der Waals surface area contributed by atoms with Gasteiger partial charge in [0.2, 0.25) is 0 Å². The van der Waals surface area contributed by atoms with Gasteiger partial charge in [-0.2, -0.15) is 0 Å². The summed E-state index contributed by atoms with van der Waals surface area (Å²) in [6, 6.07) is 15.8. The molecule has 0 radical (unpaired) electrons. The Morgan fingerprint density at radius 2 is 1.79 bits per heavy atom. The van der Waals surface area contributed by atoms with E-state index in [2.05, 4.69) is 10.3 Å². The quantitative estimate of drug-likeness (QED) is 0.748. The van der Waals surface area contributed by atoms with Gasteiger partial charge in [-0.3, -0.25) is 10.1 Å². The molecule has 0 aliphatic heterocycles. The Labute approximate surface area is 145 Å². The largest absolute Gasteiger partial charge is 0.483 e. The number of aromatic nitrogens is 1. The van der Waals surface area contributed by atoms with Crippen molar-refractivity contribution in [3.63, 3.8) is 0 Å². The maximum Gasteiger partial charge on any atom is 0.264 e. The first-order valence-electron chi connectivity index (χ1n) is 7.63. The standard InChI is InChI=1S/C19H18N2O2S/c1-13-7-6-8-14(2)18(13)23-11-17(22)21-19-20-16(12-24-19)15-9-4-3-5-10-15/h3-10,12H,11H2,1-2H3,(H,20,21,22). The van der Waals surface area contributed by atoms with E-state index in [9.17, 15) is 4.79 Å². The molecule has 0 unspecified atom stereocenters. The van der Waals surface area contributed by atoms with E-state index in [4.69, 9.17) is 4.74 Å². The number of anilines is 1. The molecule has 0 fully saturated rings. The summed E-state index contributed by atoms with van der Waals surface area (Å²) < 4.78 is 5.66. The number of nitrogens with one attached hydrogen (secondary N) is 1. The molecule has 4 nitrogen and oxygen atoms in total. The zero-order valence-electron chi connectivity index (χ0n) is 13.6. The lowest BCUT2D eigenvalue weighted by molar-refractivity contribution is -0.118. The molecule has 1 N–H and O–H groups in total. The molecule has 1 heterocycles. The van der Waals surface area contributed by atoms with Crippen LogP contribution in [0.15, 0.2) is 53.9 Å². The molecule has 0 aliphatic rings. The minimum absolute atomic E-state index is 0.0358. The zero-order valence-corrected chi connectivity index (χ0v) is 14.4. The monoisotopic (exact) mass is 338 g/mol. The van der Waals surface area contributed by atoms with Gasteiger partial charge in [0.1, 0.15) is 5.75 Å². The molecule has 3 aromatic rings. The topological polar surface area (TPSA) is 51.2 Å². The number of rotatable bonds is 5. The van der Waals surface area contributed by atoms with Crippen LogP contribution in [0.4, 0.5) is 5.13 Å². The average Bonchev–Trinajstić information content (AvgIpc) is 3.03. The van der Waals surface area contributed by atoms with Gasteiger partial charge in [-0.05, 0) is 25.0 Å². The van der Waals surface area contributed by atoms with Crippen LogP contribution in [-0.4, -0.2) is 17.5 Å². The number of carbonyl (C=O) groups excluding carboxylic acids is 1. The first-order valence-corrected chi connectivity index (χ1v) is 8.51. The summed E-state index contributed by atoms with van der Waals surface area (Å²) in [6.07, 6.45) is 0. The maximum atomic E-state index is 12.1. The smallest absolute Gasteiger partial charge is 0.264 e. The van der Waals surface area contributed by atoms with E-state index >= 15 is 0 Å². The highest BCUT2D eigenvalue weighted by molar-refractivity contribution is 7.14. The Balaban J connectivity index is 1.61. The van der Waals surface area contributed by atoms with Crippen LogP contribution in [0.1, 0.15) is 11.1 Å². The molecule has 0 bridgehead atoms. The normalized spacial score (nSPS) is 10.4. The van der Waals surface area contributed by atoms with Gasteiger partial charge in [0.25, 0.3) is 5.91 Å². The summed E-state index contributed by atoms with van der Waals surface area (Å²) in [6.45, 7) is 3.90. The number of hydrogen-bond donors (Lipinski definition) is 1. The lowest BCUT2D eigenvalue weighted by atomic mass is 10.1. The first-order chi connectivity index (χ1) is 11.6. The molecule has 1 amide bonds. The third-order valence-corrected chi connectivity index (χ3v) is 4.33. The highest BCUT2D eigenvalue weighted by Crippen LogP contribution is 2.25. The fourth-order valence-corrected chi connectivity index (χ4v) is 3.13. The van der Waals surface area contributed by atoms with Crippen LogP contribution in [0.3, 0.4) is 0 Å². The molecule has 0 atom stereocenters. The second kappa shape index (κ2) is 7.27. The average molecular weight is 338 g/mol. The lowest BCUT2D eigenvalue weighted by Crippen LogP contribution is -2.20. The van der Waals surface area contributed by atoms with Crippen LogP contribution in [0.25, 0.3) is 11.3 Å². The molecule has 2 aromatic carbocycles. The summed E-state index contributed by atoms with van der Waals surface area (Å²) in [5.41, 5.74) is 3.92. The van der Waals surface area contributed by atoms with Crippen molar-refractivity contribution in [3.05, 3.63) is 65.0 Å². The van der Waals surface area contributed by atoms with Crippen molar-refractivity contribution in [3.8, 4) is 17.0 Å². The molecule has 5 heteroatoms. The van der Waals surface area contributed by atoms with E-state index in [0.29, 0.717) is 5.13 Å². The molecular weight excluding hydrogens is 320 g/mol. The van der Waals surface area contributed by atoms with Crippen LogP contribution < -0.4 is 10.1 Å². The van der Waals surface area contributed by atoms with Gasteiger partial charge < -0.3 is 4.74 Å². The van der Waals surface area contributed by atoms with E-state index in [1.807, 2.05) is 67.8 Å². The van der Waals surface area contributed by atoms with Crippen molar-refractivity contribution in [1.29, 1.82) is 0 Å². The number of carbonyl (C=O) groups is 1. The number of amides is 1. The molecule has 0 saturated heterocycles. The van der Waals surface area contributed by atoms with Gasteiger partial charge in [-0.25, -0.2) is 4.98 Å². The summed E-state index contributed by atoms with van der Waals surface area (Å²) in [5, 5.41) is 5.29. The van der Waals surface area contributed by atoms with Crippen LogP contribution in [0, 0.1) is 13.8 Å². The second-order valence-electron chi connectivity index (χ2n) is 5.46. The van der Waals surface area contributed by atoms with Crippen molar-refractivity contribution in [2.75, 3.05) is 11.9 Å². The third kappa shape index (κ3) is 3.81. The van der Waals surface area contributed by atoms with Crippen LogP contribution in [0.2, 0.25) is 0 Å². The van der Waals surface area contributed by atoms with Gasteiger partial charge in [-0.1, -0.05) is 48.5 Å². The highest BCUT2D eigenvalue weighted by Gasteiger charge is 2.10. The van der Waals surface area contributed by atoms with E-state index in [0.717, 1.165) is 28.1 Å². The molecule has 0 aliphatic carbocycles. The van der Waals surface area contributed by atoms with E-state index < -0.39 is 0 Å². The highest BCUT2D eigenvalue weighted by atomic mass is 32.1. The maximum absolute atomic E-state index is 12.1. The third-order valence-electron chi connectivity index (χ3n) is 3.58. The summed E-state index contributed by atoms with van der Waals surface area (Å²) in [7, 11) is 0. The Bertz CT molecular complexity index is 823. The molecule has 1 aromatic heterocycles. The predicted molar refractivity (Wildman–Crippen MR) is 97.6 cm³/mol. The van der Waals surface area contributed by atoms with Crippen LogP contribution in [0.5, 0.6) is 5.75 Å². The molecular formula is C19H18N2O2S. The predicted octanol–water partition coefficient (Wildman–Crippen LogP) is 4.44. The Morgan fingerprint density at radius 3 is 2.50 bits per heavy atom. The fourth-order valence-electron chi connectivity index (χ4n) is 2.39. The molecule has 3 rings (SSSR count). The number of benzene rings is 2. The molecule has 0 spiro atoms. The number of nitrogens with zero attached hydrogens (tertiary/aromatic N) is 1. The van der Waals surface area contributed by atoms with Gasteiger partial charge in [0, 0.05) is 10.9 Å². The van der Waals surface area contributed by atoms with Crippen LogP contribution in [-0.2, 0) is 4.79 Å². The van der Waals surface area contributed by atoms with Crippen molar-refractivity contribution in [2.45, 2.75) is 13.8 Å². The van der Waals surface area contributed by atoms with Crippen molar-refractivity contribution in [2.24, 2.45) is 0 Å². The fraction of sp³-hybridized carbons (Fsp3) is 0.158. The number of aryl methyl sites for hydroxylation is 2. The van der Waals surface area contributed by atoms with E-state index in [1.165, 1.54) is 11.3 Å². The van der Waals surface area contributed by atoms with E-state index in [1.54, 1.807) is 0 Å². The minimum atomic E-state index is -0.216.